The van der Waals surface area contributed by atoms with E-state index in [0.717, 1.165) is 0 Å². The van der Waals surface area contributed by atoms with Gasteiger partial charge in [0.05, 0.1) is 12.6 Å². The van der Waals surface area contributed by atoms with Gasteiger partial charge >= 0.3 is 0 Å². The van der Waals surface area contributed by atoms with Crippen molar-refractivity contribution in [2.75, 3.05) is 6.61 Å². The molecule has 0 fully saturated rings. The second-order valence-corrected chi connectivity index (χ2v) is 11.8. The summed E-state index contributed by atoms with van der Waals surface area (Å²) >= 11 is 0. The lowest BCUT2D eigenvalue weighted by atomic mass is 9.85. The van der Waals surface area contributed by atoms with Crippen LogP contribution in [0.15, 0.2) is 12.7 Å². The largest absolute Gasteiger partial charge is 0.415 e. The number of rotatable bonds is 6. The fourth-order valence-electron chi connectivity index (χ4n) is 1.17. The molecule has 4 heteroatoms. The topological polar surface area (TPSA) is 52.3 Å². The number of hydrogen-bond acceptors (Lipinski definition) is 3. The molecular weight excluding hydrogens is 242 g/mol. The van der Waals surface area contributed by atoms with Crippen molar-refractivity contribution >= 4 is 14.1 Å². The maximum Gasteiger partial charge on any atom is 0.192 e. The fourth-order valence-corrected chi connectivity index (χ4v) is 2.20. The van der Waals surface area contributed by atoms with Crippen LogP contribution in [0.1, 0.15) is 34.6 Å². The number of nitrogens with two attached hydrogens (primary N) is 1. The molecule has 1 atom stereocenters. The fraction of sp³-hybridized carbons (Fsp3) is 0.786. The Kier molecular flexibility index (Phi) is 5.53. The van der Waals surface area contributed by atoms with E-state index in [0.29, 0.717) is 6.61 Å². The predicted molar refractivity (Wildman–Crippen MR) is 80.1 cm³/mol. The van der Waals surface area contributed by atoms with Crippen molar-refractivity contribution < 1.29 is 9.22 Å². The molecule has 0 spiro atoms. The van der Waals surface area contributed by atoms with Gasteiger partial charge in [-0.2, -0.15) is 0 Å². The molecule has 0 radical (unpaired) electrons. The van der Waals surface area contributed by atoms with Crippen LogP contribution in [-0.4, -0.2) is 26.7 Å². The minimum absolute atomic E-state index is 0.0174. The maximum absolute atomic E-state index is 12.1. The zero-order valence-electron chi connectivity index (χ0n) is 13.0. The highest BCUT2D eigenvalue weighted by atomic mass is 28.4. The number of carbonyl (C=O) groups is 1. The van der Waals surface area contributed by atoms with Gasteiger partial charge in [-0.3, -0.25) is 4.79 Å². The molecule has 106 valence electrons. The van der Waals surface area contributed by atoms with Crippen LogP contribution < -0.4 is 5.73 Å². The average Bonchev–Trinajstić information content (AvgIpc) is 2.23. The molecule has 0 rings (SSSR count). The van der Waals surface area contributed by atoms with Gasteiger partial charge in [-0.1, -0.05) is 26.8 Å². The predicted octanol–water partition coefficient (Wildman–Crippen LogP) is 3.12. The van der Waals surface area contributed by atoms with Gasteiger partial charge in [0, 0.05) is 5.41 Å². The molecule has 18 heavy (non-hydrogen) atoms. The highest BCUT2D eigenvalue weighted by Crippen LogP contribution is 2.36. The Balaban J connectivity index is 4.58. The molecule has 0 heterocycles. The number of ketones is 1. The van der Waals surface area contributed by atoms with Gasteiger partial charge in [-0.15, -0.1) is 6.58 Å². The van der Waals surface area contributed by atoms with Crippen molar-refractivity contribution in [3.63, 3.8) is 0 Å². The smallest absolute Gasteiger partial charge is 0.192 e. The van der Waals surface area contributed by atoms with Crippen molar-refractivity contribution in [2.45, 2.75) is 58.8 Å². The first-order valence-electron chi connectivity index (χ1n) is 6.42. The Morgan fingerprint density at radius 2 is 1.78 bits per heavy atom. The summed E-state index contributed by atoms with van der Waals surface area (Å²) in [6.07, 6.45) is 1.64. The molecule has 0 aliphatic carbocycles. The van der Waals surface area contributed by atoms with Crippen molar-refractivity contribution in [1.82, 2.24) is 0 Å². The summed E-state index contributed by atoms with van der Waals surface area (Å²) in [7, 11) is -1.84. The van der Waals surface area contributed by atoms with Crippen LogP contribution in [0.2, 0.25) is 18.1 Å². The van der Waals surface area contributed by atoms with E-state index < -0.39 is 19.8 Å². The quantitative estimate of drug-likeness (QED) is 0.596. The minimum Gasteiger partial charge on any atom is -0.415 e. The highest BCUT2D eigenvalue weighted by Gasteiger charge is 2.38. The summed E-state index contributed by atoms with van der Waals surface area (Å²) in [5.74, 6) is -0.0174. The molecule has 0 aliphatic rings. The molecule has 0 aliphatic heterocycles. The zero-order valence-corrected chi connectivity index (χ0v) is 14.0. The van der Waals surface area contributed by atoms with Gasteiger partial charge < -0.3 is 10.2 Å². The monoisotopic (exact) mass is 271 g/mol. The second-order valence-electron chi connectivity index (χ2n) is 6.97. The van der Waals surface area contributed by atoms with Crippen LogP contribution in [0, 0.1) is 5.41 Å². The van der Waals surface area contributed by atoms with E-state index in [-0.39, 0.29) is 10.8 Å². The summed E-state index contributed by atoms with van der Waals surface area (Å²) in [5, 5.41) is 0.129. The van der Waals surface area contributed by atoms with Crippen molar-refractivity contribution in [2.24, 2.45) is 11.1 Å². The zero-order chi connectivity index (χ0) is 14.8. The molecule has 0 aromatic carbocycles. The Bertz CT molecular complexity index is 316. The third-order valence-corrected chi connectivity index (χ3v) is 8.41. The molecule has 0 saturated heterocycles. The summed E-state index contributed by atoms with van der Waals surface area (Å²) in [4.78, 5) is 12.1. The van der Waals surface area contributed by atoms with Crippen molar-refractivity contribution in [1.29, 1.82) is 0 Å². The molecular formula is C14H29NO2Si. The number of allylic oxidation sites excluding steroid dienone is 1. The van der Waals surface area contributed by atoms with Crippen LogP contribution >= 0.6 is 0 Å². The van der Waals surface area contributed by atoms with E-state index in [1.165, 1.54) is 0 Å². The number of carbonyl (C=O) groups excluding carboxylic acids is 1. The molecule has 0 bridgehead atoms. The van der Waals surface area contributed by atoms with E-state index >= 15 is 0 Å². The van der Waals surface area contributed by atoms with E-state index in [4.69, 9.17) is 10.2 Å². The molecule has 3 nitrogen and oxygen atoms in total. The van der Waals surface area contributed by atoms with E-state index in [1.807, 2.05) is 13.8 Å². The minimum atomic E-state index is -1.84. The Morgan fingerprint density at radius 3 is 2.11 bits per heavy atom. The summed E-state index contributed by atoms with van der Waals surface area (Å²) in [5.41, 5.74) is 5.34. The van der Waals surface area contributed by atoms with E-state index in [2.05, 4.69) is 40.4 Å². The van der Waals surface area contributed by atoms with Gasteiger partial charge in [0.1, 0.15) is 0 Å². The van der Waals surface area contributed by atoms with Crippen LogP contribution in [0.5, 0.6) is 0 Å². The normalized spacial score (nSPS) is 15.3. The van der Waals surface area contributed by atoms with Gasteiger partial charge in [0.2, 0.25) is 0 Å². The van der Waals surface area contributed by atoms with Crippen molar-refractivity contribution in [3.05, 3.63) is 12.7 Å². The first-order valence-corrected chi connectivity index (χ1v) is 9.33. The highest BCUT2D eigenvalue weighted by molar-refractivity contribution is 6.74. The van der Waals surface area contributed by atoms with E-state index in [1.54, 1.807) is 6.08 Å². The van der Waals surface area contributed by atoms with E-state index in [9.17, 15) is 4.79 Å². The third kappa shape index (κ3) is 4.34. The van der Waals surface area contributed by atoms with Crippen LogP contribution in [0.3, 0.4) is 0 Å². The first-order chi connectivity index (χ1) is 7.85. The summed E-state index contributed by atoms with van der Waals surface area (Å²) < 4.78 is 5.98. The maximum atomic E-state index is 12.1. The second kappa shape index (κ2) is 5.68. The van der Waals surface area contributed by atoms with Gasteiger partial charge in [-0.25, -0.2) is 0 Å². The lowest BCUT2D eigenvalue weighted by Crippen LogP contribution is -2.48. The van der Waals surface area contributed by atoms with Crippen LogP contribution in [0.4, 0.5) is 0 Å². The molecule has 2 N–H and O–H groups in total. The molecule has 0 amide bonds. The van der Waals surface area contributed by atoms with Crippen LogP contribution in [0.25, 0.3) is 0 Å². The molecule has 0 aromatic heterocycles. The number of Topliss-reactive ketones (excluding diaryl/α,β-unsaturated/α-hetero) is 1. The van der Waals surface area contributed by atoms with Gasteiger partial charge in [-0.05, 0) is 32.0 Å². The summed E-state index contributed by atoms with van der Waals surface area (Å²) in [6, 6.07) is -0.577. The lowest BCUT2D eigenvalue weighted by Gasteiger charge is -2.37. The average molecular weight is 271 g/mol. The number of hydrogen-bond donors (Lipinski definition) is 1. The van der Waals surface area contributed by atoms with Gasteiger partial charge in [0.15, 0.2) is 14.1 Å². The van der Waals surface area contributed by atoms with Gasteiger partial charge in [0.25, 0.3) is 0 Å². The Hall–Kier alpha value is -0.453. The molecule has 1 unspecified atom stereocenters. The first kappa shape index (κ1) is 17.5. The summed E-state index contributed by atoms with van der Waals surface area (Å²) in [6.45, 7) is 18.4. The molecule has 0 aromatic rings. The van der Waals surface area contributed by atoms with Crippen LogP contribution in [-0.2, 0) is 9.22 Å². The molecule has 0 saturated carbocycles. The third-order valence-electron chi connectivity index (χ3n) is 3.91. The Morgan fingerprint density at radius 1 is 1.33 bits per heavy atom. The standard InChI is InChI=1S/C14H29NO2Si/c1-9-14(5,6)12(16)11(15)10-17-18(7,8)13(2,3)4/h9,11H,1,10,15H2,2-8H3. The SMILES string of the molecule is C=CC(C)(C)C(=O)C(N)CO[Si](C)(C)C(C)(C)C. The lowest BCUT2D eigenvalue weighted by molar-refractivity contribution is -0.126. The van der Waals surface area contributed by atoms with Crippen molar-refractivity contribution in [3.8, 4) is 0 Å². The Labute approximate surface area is 113 Å².